The van der Waals surface area contributed by atoms with E-state index in [4.69, 9.17) is 5.11 Å². The highest BCUT2D eigenvalue weighted by atomic mass is 32.1. The van der Waals surface area contributed by atoms with Gasteiger partial charge in [-0.1, -0.05) is 24.3 Å². The molecule has 0 bridgehead atoms. The lowest BCUT2D eigenvalue weighted by molar-refractivity contribution is -0.136. The topological polar surface area (TPSA) is 50.2 Å². The van der Waals surface area contributed by atoms with Crippen molar-refractivity contribution < 1.29 is 9.90 Å². The summed E-state index contributed by atoms with van der Waals surface area (Å²) in [7, 11) is 0. The second kappa shape index (κ2) is 4.53. The quantitative estimate of drug-likeness (QED) is 0.918. The maximum Gasteiger partial charge on any atom is 0.303 e. The number of carboxylic acids is 1. The summed E-state index contributed by atoms with van der Waals surface area (Å²) in [6, 6.07) is 8.44. The van der Waals surface area contributed by atoms with Crippen LogP contribution in [0.3, 0.4) is 0 Å². The molecular formula is C14H13NO2S. The molecule has 4 heteroatoms. The summed E-state index contributed by atoms with van der Waals surface area (Å²) in [5.41, 5.74) is 3.68. The normalized spacial score (nSPS) is 17.0. The lowest BCUT2D eigenvalue weighted by Crippen LogP contribution is -2.17. The number of carboxylic acid groups (broad SMARTS) is 1. The van der Waals surface area contributed by atoms with Crippen LogP contribution in [-0.2, 0) is 17.6 Å². The second-order valence-electron chi connectivity index (χ2n) is 4.53. The molecule has 1 unspecified atom stereocenters. The van der Waals surface area contributed by atoms with Gasteiger partial charge in [0.25, 0.3) is 0 Å². The van der Waals surface area contributed by atoms with Gasteiger partial charge in [-0.3, -0.25) is 4.79 Å². The molecule has 1 aromatic carbocycles. The molecular weight excluding hydrogens is 246 g/mol. The van der Waals surface area contributed by atoms with Crippen molar-refractivity contribution in [2.75, 3.05) is 0 Å². The van der Waals surface area contributed by atoms with E-state index in [-0.39, 0.29) is 6.42 Å². The zero-order valence-corrected chi connectivity index (χ0v) is 10.6. The lowest BCUT2D eigenvalue weighted by Gasteiger charge is -2.28. The van der Waals surface area contributed by atoms with Gasteiger partial charge < -0.3 is 5.11 Å². The van der Waals surface area contributed by atoms with Crippen LogP contribution < -0.4 is 0 Å². The summed E-state index contributed by atoms with van der Waals surface area (Å²) >= 11 is 1.64. The van der Waals surface area contributed by atoms with E-state index < -0.39 is 5.97 Å². The van der Waals surface area contributed by atoms with Crippen molar-refractivity contribution in [2.45, 2.75) is 25.2 Å². The van der Waals surface area contributed by atoms with Crippen LogP contribution >= 0.6 is 11.3 Å². The average Bonchev–Trinajstić information content (AvgIpc) is 2.77. The van der Waals surface area contributed by atoms with Crippen LogP contribution in [0.4, 0.5) is 0 Å². The van der Waals surface area contributed by atoms with Crippen molar-refractivity contribution in [3.8, 4) is 0 Å². The van der Waals surface area contributed by atoms with Crippen LogP contribution in [0.15, 0.2) is 29.6 Å². The van der Waals surface area contributed by atoms with Crippen molar-refractivity contribution >= 4 is 17.3 Å². The molecule has 0 saturated heterocycles. The van der Waals surface area contributed by atoms with Gasteiger partial charge in [-0.25, -0.2) is 4.98 Å². The van der Waals surface area contributed by atoms with Gasteiger partial charge in [0.2, 0.25) is 0 Å². The first-order valence-electron chi connectivity index (χ1n) is 5.98. The summed E-state index contributed by atoms with van der Waals surface area (Å²) in [6.45, 7) is 0. The molecule has 1 aliphatic rings. The zero-order chi connectivity index (χ0) is 12.5. The molecule has 3 rings (SSSR count). The number of aromatic nitrogens is 1. The fourth-order valence-corrected chi connectivity index (χ4v) is 3.28. The summed E-state index contributed by atoms with van der Waals surface area (Å²) in [4.78, 5) is 15.1. The minimum absolute atomic E-state index is 0.157. The van der Waals surface area contributed by atoms with Gasteiger partial charge in [-0.15, -0.1) is 11.3 Å². The Bertz CT molecular complexity index is 591. The first-order chi connectivity index (χ1) is 8.74. The molecule has 18 heavy (non-hydrogen) atoms. The van der Waals surface area contributed by atoms with Gasteiger partial charge in [0, 0.05) is 17.7 Å². The van der Waals surface area contributed by atoms with Crippen LogP contribution in [0, 0.1) is 0 Å². The number of aliphatic carboxylic acids is 1. The van der Waals surface area contributed by atoms with Crippen LogP contribution in [0.5, 0.6) is 0 Å². The van der Waals surface area contributed by atoms with Crippen LogP contribution in [0.25, 0.3) is 0 Å². The molecule has 0 fully saturated rings. The maximum absolute atomic E-state index is 10.5. The number of hydrogen-bond acceptors (Lipinski definition) is 3. The molecule has 0 saturated carbocycles. The molecule has 1 aromatic heterocycles. The first-order valence-corrected chi connectivity index (χ1v) is 6.86. The third-order valence-corrected chi connectivity index (χ3v) is 4.32. The Hall–Kier alpha value is -1.68. The smallest absolute Gasteiger partial charge is 0.303 e. The molecule has 3 nitrogen and oxygen atoms in total. The molecule has 1 aliphatic carbocycles. The number of rotatable bonds is 4. The minimum atomic E-state index is -0.765. The van der Waals surface area contributed by atoms with E-state index in [0.29, 0.717) is 12.3 Å². The van der Waals surface area contributed by atoms with Crippen LogP contribution in [0.1, 0.15) is 34.2 Å². The number of carbonyl (C=O) groups is 1. The molecule has 1 N–H and O–H groups in total. The Labute approximate surface area is 109 Å². The van der Waals surface area contributed by atoms with E-state index in [1.54, 1.807) is 11.3 Å². The highest BCUT2D eigenvalue weighted by molar-refractivity contribution is 7.09. The number of benzene rings is 1. The van der Waals surface area contributed by atoms with Gasteiger partial charge in [-0.2, -0.15) is 0 Å². The second-order valence-corrected chi connectivity index (χ2v) is 5.42. The Morgan fingerprint density at radius 2 is 2.28 bits per heavy atom. The summed E-state index contributed by atoms with van der Waals surface area (Å²) in [6.07, 6.45) is 1.74. The molecule has 1 heterocycles. The number of nitrogens with zero attached hydrogens (tertiary/aromatic N) is 1. The van der Waals surface area contributed by atoms with E-state index in [1.165, 1.54) is 11.1 Å². The van der Waals surface area contributed by atoms with Crippen LogP contribution in [0.2, 0.25) is 0 Å². The molecule has 92 valence electrons. The van der Waals surface area contributed by atoms with Gasteiger partial charge in [0.1, 0.15) is 5.01 Å². The first kappa shape index (κ1) is 11.4. The van der Waals surface area contributed by atoms with E-state index >= 15 is 0 Å². The van der Waals surface area contributed by atoms with E-state index in [0.717, 1.165) is 17.1 Å². The standard InChI is InChI=1S/C14H13NO2S/c16-13(17)6-5-10-8-18-14(15-10)12-7-9-3-1-2-4-11(9)12/h1-4,8,12H,5-7H2,(H,16,17). The maximum atomic E-state index is 10.5. The van der Waals surface area contributed by atoms with Crippen molar-refractivity contribution in [1.29, 1.82) is 0 Å². The lowest BCUT2D eigenvalue weighted by atomic mass is 9.78. The Kier molecular flexibility index (Phi) is 2.88. The third-order valence-electron chi connectivity index (χ3n) is 3.32. The van der Waals surface area contributed by atoms with Crippen molar-refractivity contribution in [3.63, 3.8) is 0 Å². The Morgan fingerprint density at radius 1 is 1.44 bits per heavy atom. The molecule has 0 radical (unpaired) electrons. The van der Waals surface area contributed by atoms with Crippen molar-refractivity contribution in [2.24, 2.45) is 0 Å². The monoisotopic (exact) mass is 259 g/mol. The highest BCUT2D eigenvalue weighted by Crippen LogP contribution is 2.40. The molecule has 0 amide bonds. The molecule has 0 spiro atoms. The van der Waals surface area contributed by atoms with E-state index in [9.17, 15) is 4.79 Å². The Morgan fingerprint density at radius 3 is 3.06 bits per heavy atom. The predicted octanol–water partition coefficient (Wildman–Crippen LogP) is 2.85. The largest absolute Gasteiger partial charge is 0.481 e. The number of fused-ring (bicyclic) bond motifs is 1. The fraction of sp³-hybridized carbons (Fsp3) is 0.286. The molecule has 2 aromatic rings. The summed E-state index contributed by atoms with van der Waals surface area (Å²) in [5, 5.41) is 11.8. The van der Waals surface area contributed by atoms with Crippen molar-refractivity contribution in [1.82, 2.24) is 4.98 Å². The number of thiazole rings is 1. The third kappa shape index (κ3) is 2.04. The van der Waals surface area contributed by atoms with Gasteiger partial charge in [0.05, 0.1) is 12.1 Å². The molecule has 0 aliphatic heterocycles. The van der Waals surface area contributed by atoms with E-state index in [1.807, 2.05) is 5.38 Å². The molecule has 1 atom stereocenters. The predicted molar refractivity (Wildman–Crippen MR) is 70.1 cm³/mol. The number of hydrogen-bond donors (Lipinski definition) is 1. The SMILES string of the molecule is O=C(O)CCc1csc(C2Cc3ccccc32)n1. The minimum Gasteiger partial charge on any atom is -0.481 e. The average molecular weight is 259 g/mol. The Balaban J connectivity index is 1.74. The number of aryl methyl sites for hydroxylation is 1. The fourth-order valence-electron chi connectivity index (χ4n) is 2.31. The van der Waals surface area contributed by atoms with Gasteiger partial charge in [0.15, 0.2) is 0 Å². The van der Waals surface area contributed by atoms with Gasteiger partial charge >= 0.3 is 5.97 Å². The zero-order valence-electron chi connectivity index (χ0n) is 9.80. The summed E-state index contributed by atoms with van der Waals surface area (Å²) in [5.74, 6) is -0.344. The van der Waals surface area contributed by atoms with Gasteiger partial charge in [-0.05, 0) is 17.5 Å². The van der Waals surface area contributed by atoms with E-state index in [2.05, 4.69) is 29.2 Å². The van der Waals surface area contributed by atoms with Crippen molar-refractivity contribution in [3.05, 3.63) is 51.5 Å². The summed E-state index contributed by atoms with van der Waals surface area (Å²) < 4.78 is 0. The highest BCUT2D eigenvalue weighted by Gasteiger charge is 2.29. The van der Waals surface area contributed by atoms with Crippen LogP contribution in [-0.4, -0.2) is 16.1 Å².